The Balaban J connectivity index is 1.91. The zero-order chi connectivity index (χ0) is 30.3. The number of azide groups is 1. The van der Waals surface area contributed by atoms with Crippen molar-refractivity contribution in [2.45, 2.75) is 94.7 Å². The minimum absolute atomic E-state index is 0.0541. The van der Waals surface area contributed by atoms with Crippen molar-refractivity contribution in [3.63, 3.8) is 0 Å². The molecule has 1 heterocycles. The zero-order valence-electron chi connectivity index (χ0n) is 23.9. The number of amides is 2. The molecule has 0 saturated carbocycles. The molecule has 0 aromatic heterocycles. The maximum Gasteiger partial charge on any atom is 0.329 e. The van der Waals surface area contributed by atoms with Gasteiger partial charge < -0.3 is 15.0 Å². The van der Waals surface area contributed by atoms with Crippen LogP contribution in [0.15, 0.2) is 40.3 Å². The lowest BCUT2D eigenvalue weighted by atomic mass is 10.1. The van der Waals surface area contributed by atoms with Crippen molar-refractivity contribution in [2.75, 3.05) is 18.8 Å². The lowest BCUT2D eigenvalue weighted by Gasteiger charge is -2.27. The Kier molecular flexibility index (Phi) is 14.8. The first-order chi connectivity index (χ1) is 19.5. The Labute approximate surface area is 249 Å². The molecule has 0 spiro atoms. The van der Waals surface area contributed by atoms with Crippen molar-refractivity contribution >= 4 is 51.5 Å². The van der Waals surface area contributed by atoms with Crippen LogP contribution in [0.3, 0.4) is 0 Å². The fourth-order valence-electron chi connectivity index (χ4n) is 4.12. The number of nitrogens with zero attached hydrogens (tertiary/aromatic N) is 4. The summed E-state index contributed by atoms with van der Waals surface area (Å²) in [5.74, 6) is -0.803. The standard InChI is InChI=1S/C28H39N5O6S2/c1-28(2,3)39-26(37)22-12-9-18-33(22)24(35)16-19-40-27(38)21(31-23(34)13-7-8-17-30-32-29)14-15-25(36)41-20-10-5-4-6-11-20/h4-6,10-11,21-22H,7-9,12-19H2,1-3H3,(H,31,34)/t21-,22+/m0/s1. The Morgan fingerprint density at radius 3 is 2.54 bits per heavy atom. The summed E-state index contributed by atoms with van der Waals surface area (Å²) in [6.45, 7) is 6.08. The fraction of sp³-hybridized carbons (Fsp3) is 0.607. The van der Waals surface area contributed by atoms with Crippen LogP contribution in [0.4, 0.5) is 0 Å². The quantitative estimate of drug-likeness (QED) is 0.0727. The van der Waals surface area contributed by atoms with Crippen molar-refractivity contribution < 1.29 is 28.7 Å². The molecule has 2 atom stereocenters. The van der Waals surface area contributed by atoms with Gasteiger partial charge in [0.05, 0.1) is 6.04 Å². The Bertz CT molecular complexity index is 1100. The van der Waals surface area contributed by atoms with Crippen LogP contribution in [0, 0.1) is 0 Å². The second-order valence-corrected chi connectivity index (χ2v) is 12.8. The molecule has 41 heavy (non-hydrogen) atoms. The minimum Gasteiger partial charge on any atom is -0.458 e. The van der Waals surface area contributed by atoms with Crippen LogP contribution in [0.5, 0.6) is 0 Å². The van der Waals surface area contributed by atoms with Gasteiger partial charge in [-0.3, -0.25) is 19.2 Å². The molecule has 1 aliphatic heterocycles. The fourth-order valence-corrected chi connectivity index (χ4v) is 5.76. The molecule has 1 N–H and O–H groups in total. The second-order valence-electron chi connectivity index (χ2n) is 10.6. The molecule has 1 aromatic carbocycles. The summed E-state index contributed by atoms with van der Waals surface area (Å²) in [6, 6.07) is 7.66. The molecule has 0 bridgehead atoms. The summed E-state index contributed by atoms with van der Waals surface area (Å²) in [6.07, 6.45) is 2.70. The van der Waals surface area contributed by atoms with E-state index in [1.54, 1.807) is 20.8 Å². The second kappa shape index (κ2) is 17.7. The molecule has 1 aliphatic rings. The first-order valence-corrected chi connectivity index (χ1v) is 15.6. The minimum atomic E-state index is -0.888. The highest BCUT2D eigenvalue weighted by molar-refractivity contribution is 8.14. The van der Waals surface area contributed by atoms with Crippen molar-refractivity contribution in [2.24, 2.45) is 5.11 Å². The monoisotopic (exact) mass is 605 g/mol. The van der Waals surface area contributed by atoms with Crippen molar-refractivity contribution in [3.8, 4) is 0 Å². The Morgan fingerprint density at radius 2 is 1.85 bits per heavy atom. The highest BCUT2D eigenvalue weighted by Crippen LogP contribution is 2.24. The number of carbonyl (C=O) groups is 5. The summed E-state index contributed by atoms with van der Waals surface area (Å²) < 4.78 is 5.46. The number of carbonyl (C=O) groups excluding carboxylic acids is 5. The molecule has 13 heteroatoms. The van der Waals surface area contributed by atoms with E-state index in [0.29, 0.717) is 32.2 Å². The van der Waals surface area contributed by atoms with Gasteiger partial charge in [-0.15, -0.1) is 0 Å². The van der Waals surface area contributed by atoms with Gasteiger partial charge in [0, 0.05) is 47.9 Å². The lowest BCUT2D eigenvalue weighted by molar-refractivity contribution is -0.163. The Morgan fingerprint density at radius 1 is 1.12 bits per heavy atom. The van der Waals surface area contributed by atoms with E-state index < -0.39 is 23.7 Å². The van der Waals surface area contributed by atoms with Gasteiger partial charge in [0.1, 0.15) is 11.6 Å². The van der Waals surface area contributed by atoms with Crippen molar-refractivity contribution in [1.82, 2.24) is 10.2 Å². The van der Waals surface area contributed by atoms with Crippen molar-refractivity contribution in [1.29, 1.82) is 0 Å². The van der Waals surface area contributed by atoms with Crippen LogP contribution < -0.4 is 5.32 Å². The SMILES string of the molecule is CC(C)(C)OC(=O)[C@H]1CCCN1C(=O)CCSC(=O)[C@H](CCC(=O)Sc1ccccc1)NC(=O)CCCCN=[N+]=[N-]. The molecule has 1 aromatic rings. The number of rotatable bonds is 15. The van der Waals surface area contributed by atoms with Crippen molar-refractivity contribution in [3.05, 3.63) is 40.8 Å². The topological polar surface area (TPSA) is 159 Å². The summed E-state index contributed by atoms with van der Waals surface area (Å²) in [7, 11) is 0. The van der Waals surface area contributed by atoms with Gasteiger partial charge >= 0.3 is 5.97 Å². The molecule has 1 fully saturated rings. The molecular weight excluding hydrogens is 566 g/mol. The normalized spacial score (nSPS) is 15.5. The predicted octanol–water partition coefficient (Wildman–Crippen LogP) is 5.03. The smallest absolute Gasteiger partial charge is 0.329 e. The first-order valence-electron chi connectivity index (χ1n) is 13.7. The van der Waals surface area contributed by atoms with Gasteiger partial charge in [0.15, 0.2) is 5.12 Å². The summed E-state index contributed by atoms with van der Waals surface area (Å²) in [4.78, 5) is 68.5. The lowest BCUT2D eigenvalue weighted by Crippen LogP contribution is -2.43. The molecule has 2 amide bonds. The van der Waals surface area contributed by atoms with Gasteiger partial charge in [0.2, 0.25) is 16.9 Å². The van der Waals surface area contributed by atoms with E-state index in [0.717, 1.165) is 28.4 Å². The van der Waals surface area contributed by atoms with Crippen LogP contribution in [0.2, 0.25) is 0 Å². The van der Waals surface area contributed by atoms with Crippen LogP contribution in [0.1, 0.15) is 72.1 Å². The van der Waals surface area contributed by atoms with Crippen LogP contribution in [-0.2, 0) is 28.7 Å². The molecule has 1 saturated heterocycles. The molecule has 0 aliphatic carbocycles. The molecule has 224 valence electrons. The highest BCUT2D eigenvalue weighted by atomic mass is 32.2. The maximum atomic E-state index is 13.1. The number of hydrogen-bond acceptors (Lipinski definition) is 9. The average Bonchev–Trinajstić information content (AvgIpc) is 3.41. The van der Waals surface area contributed by atoms with Gasteiger partial charge in [-0.1, -0.05) is 46.8 Å². The van der Waals surface area contributed by atoms with Gasteiger partial charge in [0.25, 0.3) is 0 Å². The number of nitrogens with one attached hydrogen (secondary N) is 1. The third kappa shape index (κ3) is 13.5. The number of esters is 1. The van der Waals surface area contributed by atoms with Crippen LogP contribution >= 0.6 is 23.5 Å². The number of thioether (sulfide) groups is 2. The largest absolute Gasteiger partial charge is 0.458 e. The highest BCUT2D eigenvalue weighted by Gasteiger charge is 2.36. The van der Waals surface area contributed by atoms with E-state index in [9.17, 15) is 24.0 Å². The van der Waals surface area contributed by atoms with E-state index in [2.05, 4.69) is 15.3 Å². The number of ether oxygens (including phenoxy) is 1. The predicted molar refractivity (Wildman–Crippen MR) is 159 cm³/mol. The molecule has 2 rings (SSSR count). The van der Waals surface area contributed by atoms with Gasteiger partial charge in [-0.05, 0) is 70.5 Å². The average molecular weight is 606 g/mol. The number of hydrogen-bond donors (Lipinski definition) is 1. The van der Waals surface area contributed by atoms with Crippen LogP contribution in [-0.4, -0.2) is 69.4 Å². The van der Waals surface area contributed by atoms with E-state index in [1.165, 1.54) is 4.90 Å². The summed E-state index contributed by atoms with van der Waals surface area (Å²) in [5, 5.41) is 5.72. The number of unbranched alkanes of at least 4 members (excludes halogenated alkanes) is 1. The van der Waals surface area contributed by atoms with E-state index >= 15 is 0 Å². The number of benzene rings is 1. The first kappa shape index (κ1) is 34.2. The summed E-state index contributed by atoms with van der Waals surface area (Å²) >= 11 is 2.02. The number of likely N-dealkylation sites (tertiary alicyclic amines) is 1. The molecule has 0 unspecified atom stereocenters. The van der Waals surface area contributed by atoms with E-state index in [-0.39, 0.29) is 60.0 Å². The van der Waals surface area contributed by atoms with E-state index in [4.69, 9.17) is 10.3 Å². The maximum absolute atomic E-state index is 13.1. The molecule has 0 radical (unpaired) electrons. The third-order valence-electron chi connectivity index (χ3n) is 6.02. The van der Waals surface area contributed by atoms with Gasteiger partial charge in [-0.25, -0.2) is 4.79 Å². The summed E-state index contributed by atoms with van der Waals surface area (Å²) in [5.41, 5.74) is 7.71. The third-order valence-corrected chi connectivity index (χ3v) is 7.94. The van der Waals surface area contributed by atoms with E-state index in [1.807, 2.05) is 30.3 Å². The molecule has 11 nitrogen and oxygen atoms in total. The van der Waals surface area contributed by atoms with Gasteiger partial charge in [-0.2, -0.15) is 0 Å². The van der Waals surface area contributed by atoms with Crippen LogP contribution in [0.25, 0.3) is 10.4 Å². The molecular formula is C28H39N5O6S2. The Hall–Kier alpha value is -3.02. The zero-order valence-corrected chi connectivity index (χ0v) is 25.5.